The molecule has 132 valence electrons. The third kappa shape index (κ3) is 4.80. The van der Waals surface area contributed by atoms with E-state index in [2.05, 4.69) is 0 Å². The first kappa shape index (κ1) is 18.9. The van der Waals surface area contributed by atoms with E-state index in [-0.39, 0.29) is 28.3 Å². The van der Waals surface area contributed by atoms with E-state index in [0.29, 0.717) is 11.3 Å². The highest BCUT2D eigenvalue weighted by Crippen LogP contribution is 2.24. The van der Waals surface area contributed by atoms with E-state index in [1.165, 1.54) is 12.3 Å². The van der Waals surface area contributed by atoms with Gasteiger partial charge in [0.1, 0.15) is 0 Å². The summed E-state index contributed by atoms with van der Waals surface area (Å²) in [6, 6.07) is 10.3. The van der Waals surface area contributed by atoms with Crippen LogP contribution >= 0.6 is 0 Å². The zero-order valence-electron chi connectivity index (χ0n) is 14.9. The SMILES string of the molecule is Cn1cc(S(=O)(=O)CC(C)(C)C)cc1C(=O)Cc1cccc(C#N)c1. The van der Waals surface area contributed by atoms with Crippen LogP contribution in [0.4, 0.5) is 0 Å². The van der Waals surface area contributed by atoms with E-state index in [1.807, 2.05) is 26.8 Å². The van der Waals surface area contributed by atoms with Gasteiger partial charge < -0.3 is 4.57 Å². The summed E-state index contributed by atoms with van der Waals surface area (Å²) in [6.45, 7) is 5.59. The predicted octanol–water partition coefficient (Wildman–Crippen LogP) is 3.14. The van der Waals surface area contributed by atoms with Crippen LogP contribution in [-0.4, -0.2) is 24.5 Å². The Labute approximate surface area is 148 Å². The van der Waals surface area contributed by atoms with Gasteiger partial charge >= 0.3 is 0 Å². The number of Topliss-reactive ketones (excluding diaryl/α,β-unsaturated/α-hetero) is 1. The van der Waals surface area contributed by atoms with Crippen LogP contribution in [0.15, 0.2) is 41.4 Å². The molecule has 1 aromatic heterocycles. The highest BCUT2D eigenvalue weighted by Gasteiger charge is 2.26. The number of aryl methyl sites for hydroxylation is 1. The van der Waals surface area contributed by atoms with Gasteiger partial charge in [0.05, 0.1) is 28.0 Å². The van der Waals surface area contributed by atoms with Crippen LogP contribution in [0, 0.1) is 16.7 Å². The minimum Gasteiger partial charge on any atom is -0.347 e. The average molecular weight is 358 g/mol. The first-order valence-electron chi connectivity index (χ1n) is 7.93. The maximum atomic E-state index is 12.6. The quantitative estimate of drug-likeness (QED) is 0.769. The monoisotopic (exact) mass is 358 g/mol. The van der Waals surface area contributed by atoms with Crippen molar-refractivity contribution >= 4 is 15.6 Å². The molecule has 0 N–H and O–H groups in total. The number of aromatic nitrogens is 1. The van der Waals surface area contributed by atoms with E-state index in [0.717, 1.165) is 5.56 Å². The van der Waals surface area contributed by atoms with E-state index >= 15 is 0 Å². The average Bonchev–Trinajstić information content (AvgIpc) is 2.88. The molecule has 2 rings (SSSR count). The number of nitrogens with zero attached hydrogens (tertiary/aromatic N) is 2. The lowest BCUT2D eigenvalue weighted by atomic mass is 10.0. The van der Waals surface area contributed by atoms with Crippen molar-refractivity contribution in [2.24, 2.45) is 12.5 Å². The van der Waals surface area contributed by atoms with Crippen LogP contribution in [0.1, 0.15) is 42.4 Å². The highest BCUT2D eigenvalue weighted by atomic mass is 32.2. The van der Waals surface area contributed by atoms with Crippen LogP contribution in [-0.2, 0) is 23.3 Å². The Morgan fingerprint density at radius 1 is 1.24 bits per heavy atom. The molecule has 0 unspecified atom stereocenters. The van der Waals surface area contributed by atoms with E-state index < -0.39 is 9.84 Å². The molecule has 0 aliphatic carbocycles. The molecule has 1 aromatic carbocycles. The fraction of sp³-hybridized carbons (Fsp3) is 0.368. The van der Waals surface area contributed by atoms with Gasteiger partial charge in [0.2, 0.25) is 0 Å². The van der Waals surface area contributed by atoms with Crippen molar-refractivity contribution in [3.63, 3.8) is 0 Å². The van der Waals surface area contributed by atoms with Gasteiger partial charge in [0.15, 0.2) is 15.6 Å². The number of rotatable bonds is 5. The topological polar surface area (TPSA) is 79.9 Å². The van der Waals surface area contributed by atoms with E-state index in [9.17, 15) is 13.2 Å². The molecule has 0 fully saturated rings. The molecule has 1 heterocycles. The molecule has 25 heavy (non-hydrogen) atoms. The molecule has 0 radical (unpaired) electrons. The number of benzene rings is 1. The summed E-state index contributed by atoms with van der Waals surface area (Å²) in [4.78, 5) is 12.7. The number of hydrogen-bond donors (Lipinski definition) is 0. The van der Waals surface area contributed by atoms with Gasteiger partial charge in [0, 0.05) is 19.7 Å². The van der Waals surface area contributed by atoms with E-state index in [1.54, 1.807) is 35.9 Å². The maximum Gasteiger partial charge on any atom is 0.183 e. The third-order valence-corrected chi connectivity index (χ3v) is 5.86. The summed E-state index contributed by atoms with van der Waals surface area (Å²) in [5.41, 5.74) is 1.20. The minimum atomic E-state index is -3.45. The van der Waals surface area contributed by atoms with E-state index in [4.69, 9.17) is 5.26 Å². The molecule has 2 aromatic rings. The Kier molecular flexibility index (Phi) is 5.19. The van der Waals surface area contributed by atoms with Gasteiger partial charge in [0.25, 0.3) is 0 Å². The predicted molar refractivity (Wildman–Crippen MR) is 96.1 cm³/mol. The minimum absolute atomic E-state index is 0.0157. The van der Waals surface area contributed by atoms with Crippen LogP contribution < -0.4 is 0 Å². The zero-order valence-corrected chi connectivity index (χ0v) is 15.7. The summed E-state index contributed by atoms with van der Waals surface area (Å²) in [7, 11) is -1.79. The van der Waals surface area contributed by atoms with Crippen molar-refractivity contribution in [2.75, 3.05) is 5.75 Å². The first-order chi connectivity index (χ1) is 11.5. The Morgan fingerprint density at radius 2 is 1.92 bits per heavy atom. The molecule has 6 heteroatoms. The summed E-state index contributed by atoms with van der Waals surface area (Å²) < 4.78 is 26.6. The second-order valence-corrected chi connectivity index (χ2v) is 9.39. The molecular weight excluding hydrogens is 336 g/mol. The van der Waals surface area contributed by atoms with Gasteiger partial charge in [-0.15, -0.1) is 0 Å². The lowest BCUT2D eigenvalue weighted by molar-refractivity contribution is 0.0985. The van der Waals surface area contributed by atoms with Crippen molar-refractivity contribution < 1.29 is 13.2 Å². The summed E-state index contributed by atoms with van der Waals surface area (Å²) in [5.74, 6) is -0.170. The van der Waals surface area contributed by atoms with Crippen molar-refractivity contribution in [2.45, 2.75) is 32.1 Å². The van der Waals surface area contributed by atoms with Crippen LogP contribution in [0.25, 0.3) is 0 Å². The molecular formula is C19H22N2O3S. The number of nitriles is 1. The first-order valence-corrected chi connectivity index (χ1v) is 9.58. The van der Waals surface area contributed by atoms with Gasteiger partial charge in [-0.3, -0.25) is 4.79 Å². The second kappa shape index (κ2) is 6.85. The normalized spacial score (nSPS) is 12.0. The van der Waals surface area contributed by atoms with Crippen LogP contribution in [0.2, 0.25) is 0 Å². The fourth-order valence-corrected chi connectivity index (χ4v) is 4.58. The smallest absolute Gasteiger partial charge is 0.183 e. The molecule has 0 atom stereocenters. The van der Waals surface area contributed by atoms with Crippen molar-refractivity contribution in [3.05, 3.63) is 53.3 Å². The van der Waals surface area contributed by atoms with Crippen molar-refractivity contribution in [1.82, 2.24) is 4.57 Å². The highest BCUT2D eigenvalue weighted by molar-refractivity contribution is 7.91. The number of hydrogen-bond acceptors (Lipinski definition) is 4. The zero-order chi connectivity index (χ0) is 18.8. The van der Waals surface area contributed by atoms with Crippen molar-refractivity contribution in [3.8, 4) is 6.07 Å². The summed E-state index contributed by atoms with van der Waals surface area (Å²) >= 11 is 0. The molecule has 5 nitrogen and oxygen atoms in total. The van der Waals surface area contributed by atoms with Gasteiger partial charge in [-0.05, 0) is 29.2 Å². The lowest BCUT2D eigenvalue weighted by Crippen LogP contribution is -2.20. The number of ketones is 1. The Balaban J connectivity index is 2.27. The summed E-state index contributed by atoms with van der Waals surface area (Å²) in [6.07, 6.45) is 1.60. The molecule has 0 aliphatic rings. The Hall–Kier alpha value is -2.39. The lowest BCUT2D eigenvalue weighted by Gasteiger charge is -2.17. The van der Waals surface area contributed by atoms with Gasteiger partial charge in [-0.2, -0.15) is 5.26 Å². The number of sulfone groups is 1. The number of carbonyl (C=O) groups is 1. The molecule has 0 spiro atoms. The van der Waals surface area contributed by atoms with Gasteiger partial charge in [-0.25, -0.2) is 8.42 Å². The number of carbonyl (C=O) groups excluding carboxylic acids is 1. The molecule has 0 saturated heterocycles. The third-order valence-electron chi connectivity index (χ3n) is 3.67. The van der Waals surface area contributed by atoms with Crippen molar-refractivity contribution in [1.29, 1.82) is 5.26 Å². The molecule has 0 aliphatic heterocycles. The standard InChI is InChI=1S/C19H22N2O3S/c1-19(2,3)13-25(23,24)16-10-17(21(4)12-16)18(22)9-14-6-5-7-15(8-14)11-20/h5-8,10,12H,9,13H2,1-4H3. The van der Waals surface area contributed by atoms with Crippen LogP contribution in [0.5, 0.6) is 0 Å². The largest absolute Gasteiger partial charge is 0.347 e. The molecule has 0 saturated carbocycles. The Morgan fingerprint density at radius 3 is 2.52 bits per heavy atom. The molecule has 0 amide bonds. The van der Waals surface area contributed by atoms with Crippen LogP contribution in [0.3, 0.4) is 0 Å². The maximum absolute atomic E-state index is 12.6. The fourth-order valence-electron chi connectivity index (χ4n) is 2.66. The second-order valence-electron chi connectivity index (χ2n) is 7.40. The Bertz CT molecular complexity index is 942. The molecule has 0 bridgehead atoms. The summed E-state index contributed by atoms with van der Waals surface area (Å²) in [5, 5.41) is 8.94. The van der Waals surface area contributed by atoms with Gasteiger partial charge in [-0.1, -0.05) is 32.9 Å².